The molecule has 12 heavy (non-hydrogen) atoms. The molecule has 0 N–H and O–H groups in total. The number of hydrogen-bond acceptors (Lipinski definition) is 2. The van der Waals surface area contributed by atoms with Crippen molar-refractivity contribution < 1.29 is 9.53 Å². The molecule has 1 aliphatic rings. The van der Waals surface area contributed by atoms with Gasteiger partial charge in [0, 0.05) is 12.5 Å². The SMILES string of the molecule is CCCC(C(C)=O)C1CCOC1. The van der Waals surface area contributed by atoms with Crippen LogP contribution in [0, 0.1) is 11.8 Å². The molecule has 0 amide bonds. The minimum absolute atomic E-state index is 0.262. The van der Waals surface area contributed by atoms with E-state index < -0.39 is 0 Å². The average Bonchev–Trinajstić information content (AvgIpc) is 2.51. The van der Waals surface area contributed by atoms with Crippen molar-refractivity contribution in [1.82, 2.24) is 0 Å². The van der Waals surface area contributed by atoms with E-state index in [9.17, 15) is 4.79 Å². The highest BCUT2D eigenvalue weighted by molar-refractivity contribution is 5.78. The molecular weight excluding hydrogens is 152 g/mol. The van der Waals surface area contributed by atoms with Gasteiger partial charge in [0.05, 0.1) is 6.61 Å². The number of rotatable bonds is 4. The summed E-state index contributed by atoms with van der Waals surface area (Å²) < 4.78 is 5.28. The van der Waals surface area contributed by atoms with Crippen molar-refractivity contribution in [1.29, 1.82) is 0 Å². The lowest BCUT2D eigenvalue weighted by molar-refractivity contribution is -0.122. The Kier molecular flexibility index (Phi) is 3.73. The first-order chi connectivity index (χ1) is 5.75. The van der Waals surface area contributed by atoms with Gasteiger partial charge in [0.25, 0.3) is 0 Å². The van der Waals surface area contributed by atoms with E-state index in [0.29, 0.717) is 11.7 Å². The van der Waals surface area contributed by atoms with Gasteiger partial charge in [0.1, 0.15) is 5.78 Å². The van der Waals surface area contributed by atoms with E-state index >= 15 is 0 Å². The van der Waals surface area contributed by atoms with E-state index in [4.69, 9.17) is 4.74 Å². The van der Waals surface area contributed by atoms with E-state index in [-0.39, 0.29) is 5.92 Å². The summed E-state index contributed by atoms with van der Waals surface area (Å²) in [6.45, 7) is 5.48. The van der Waals surface area contributed by atoms with Crippen LogP contribution in [0.3, 0.4) is 0 Å². The van der Waals surface area contributed by atoms with Gasteiger partial charge in [-0.1, -0.05) is 13.3 Å². The zero-order valence-electron chi connectivity index (χ0n) is 8.01. The summed E-state index contributed by atoms with van der Waals surface area (Å²) in [6, 6.07) is 0. The smallest absolute Gasteiger partial charge is 0.133 e. The third-order valence-electron chi connectivity index (χ3n) is 2.66. The second kappa shape index (κ2) is 4.61. The summed E-state index contributed by atoms with van der Waals surface area (Å²) in [5.41, 5.74) is 0. The average molecular weight is 170 g/mol. The van der Waals surface area contributed by atoms with Gasteiger partial charge in [0.2, 0.25) is 0 Å². The van der Waals surface area contributed by atoms with E-state index in [2.05, 4.69) is 6.92 Å². The Morgan fingerprint density at radius 3 is 2.83 bits per heavy atom. The van der Waals surface area contributed by atoms with Crippen LogP contribution < -0.4 is 0 Å². The summed E-state index contributed by atoms with van der Waals surface area (Å²) in [5, 5.41) is 0. The van der Waals surface area contributed by atoms with Gasteiger partial charge in [-0.2, -0.15) is 0 Å². The molecule has 1 fully saturated rings. The van der Waals surface area contributed by atoms with Crippen LogP contribution in [0.25, 0.3) is 0 Å². The first-order valence-electron chi connectivity index (χ1n) is 4.84. The summed E-state index contributed by atoms with van der Waals surface area (Å²) in [7, 11) is 0. The minimum Gasteiger partial charge on any atom is -0.381 e. The van der Waals surface area contributed by atoms with Gasteiger partial charge in [0.15, 0.2) is 0 Å². The quantitative estimate of drug-likeness (QED) is 0.645. The molecule has 1 saturated heterocycles. The number of ether oxygens (including phenoxy) is 1. The minimum atomic E-state index is 0.262. The van der Waals surface area contributed by atoms with Crippen LogP contribution in [0.1, 0.15) is 33.1 Å². The highest BCUT2D eigenvalue weighted by Crippen LogP contribution is 2.26. The molecular formula is C10H18O2. The van der Waals surface area contributed by atoms with Crippen LogP contribution >= 0.6 is 0 Å². The molecule has 0 radical (unpaired) electrons. The van der Waals surface area contributed by atoms with Crippen molar-refractivity contribution in [3.05, 3.63) is 0 Å². The predicted molar refractivity (Wildman–Crippen MR) is 48.0 cm³/mol. The maximum absolute atomic E-state index is 11.3. The van der Waals surface area contributed by atoms with Crippen LogP contribution in [-0.4, -0.2) is 19.0 Å². The van der Waals surface area contributed by atoms with E-state index in [1.165, 1.54) is 0 Å². The molecule has 1 heterocycles. The Bertz CT molecular complexity index is 148. The fourth-order valence-corrected chi connectivity index (χ4v) is 1.95. The van der Waals surface area contributed by atoms with Gasteiger partial charge in [-0.05, 0) is 25.7 Å². The Labute approximate surface area is 74.3 Å². The van der Waals surface area contributed by atoms with Crippen molar-refractivity contribution in [3.63, 3.8) is 0 Å². The van der Waals surface area contributed by atoms with Crippen molar-refractivity contribution in [2.45, 2.75) is 33.1 Å². The van der Waals surface area contributed by atoms with Crippen molar-refractivity contribution in [2.75, 3.05) is 13.2 Å². The molecule has 2 atom stereocenters. The summed E-state index contributed by atoms with van der Waals surface area (Å²) in [5.74, 6) is 1.10. The number of hydrogen-bond donors (Lipinski definition) is 0. The molecule has 1 aliphatic heterocycles. The van der Waals surface area contributed by atoms with Crippen LogP contribution in [-0.2, 0) is 9.53 Å². The van der Waals surface area contributed by atoms with E-state index in [1.807, 2.05) is 0 Å². The number of Topliss-reactive ketones (excluding diaryl/α,β-unsaturated/α-hetero) is 1. The Balaban J connectivity index is 2.45. The standard InChI is InChI=1S/C10H18O2/c1-3-4-10(8(2)11)9-5-6-12-7-9/h9-10H,3-7H2,1-2H3. The number of ketones is 1. The zero-order chi connectivity index (χ0) is 8.97. The van der Waals surface area contributed by atoms with Crippen LogP contribution in [0.4, 0.5) is 0 Å². The molecule has 1 rings (SSSR count). The van der Waals surface area contributed by atoms with Gasteiger partial charge in [-0.15, -0.1) is 0 Å². The predicted octanol–water partition coefficient (Wildman–Crippen LogP) is 2.03. The number of carbonyl (C=O) groups excluding carboxylic acids is 1. The van der Waals surface area contributed by atoms with Gasteiger partial charge < -0.3 is 4.74 Å². The third kappa shape index (κ3) is 2.31. The second-order valence-corrected chi connectivity index (χ2v) is 3.63. The lowest BCUT2D eigenvalue weighted by Crippen LogP contribution is -2.21. The number of carbonyl (C=O) groups is 1. The third-order valence-corrected chi connectivity index (χ3v) is 2.66. The van der Waals surface area contributed by atoms with Crippen LogP contribution in [0.15, 0.2) is 0 Å². The van der Waals surface area contributed by atoms with E-state index in [1.54, 1.807) is 6.92 Å². The Morgan fingerprint density at radius 1 is 1.67 bits per heavy atom. The monoisotopic (exact) mass is 170 g/mol. The topological polar surface area (TPSA) is 26.3 Å². The van der Waals surface area contributed by atoms with Crippen LogP contribution in [0.5, 0.6) is 0 Å². The van der Waals surface area contributed by atoms with E-state index in [0.717, 1.165) is 32.5 Å². The maximum Gasteiger partial charge on any atom is 0.133 e. The fourth-order valence-electron chi connectivity index (χ4n) is 1.95. The highest BCUT2D eigenvalue weighted by Gasteiger charge is 2.27. The van der Waals surface area contributed by atoms with Gasteiger partial charge >= 0.3 is 0 Å². The molecule has 2 nitrogen and oxygen atoms in total. The van der Waals surface area contributed by atoms with Crippen molar-refractivity contribution >= 4 is 5.78 Å². The van der Waals surface area contributed by atoms with Crippen molar-refractivity contribution in [3.8, 4) is 0 Å². The largest absolute Gasteiger partial charge is 0.381 e. The van der Waals surface area contributed by atoms with Crippen molar-refractivity contribution in [2.24, 2.45) is 11.8 Å². The molecule has 2 heteroatoms. The second-order valence-electron chi connectivity index (χ2n) is 3.63. The molecule has 0 aromatic heterocycles. The summed E-state index contributed by atoms with van der Waals surface area (Å²) >= 11 is 0. The Hall–Kier alpha value is -0.370. The molecule has 70 valence electrons. The molecule has 2 unspecified atom stereocenters. The molecule has 0 aromatic rings. The zero-order valence-corrected chi connectivity index (χ0v) is 8.01. The molecule has 0 spiro atoms. The maximum atomic E-state index is 11.3. The fraction of sp³-hybridized carbons (Fsp3) is 0.900. The summed E-state index contributed by atoms with van der Waals surface area (Å²) in [4.78, 5) is 11.3. The molecule has 0 saturated carbocycles. The Morgan fingerprint density at radius 2 is 2.42 bits per heavy atom. The first kappa shape index (κ1) is 9.72. The summed E-state index contributed by atoms with van der Waals surface area (Å²) in [6.07, 6.45) is 3.20. The normalized spacial score (nSPS) is 25.7. The highest BCUT2D eigenvalue weighted by atomic mass is 16.5. The molecule has 0 aromatic carbocycles. The molecule has 0 bridgehead atoms. The van der Waals surface area contributed by atoms with Gasteiger partial charge in [-0.25, -0.2) is 0 Å². The first-order valence-corrected chi connectivity index (χ1v) is 4.84. The molecule has 0 aliphatic carbocycles. The van der Waals surface area contributed by atoms with Crippen LogP contribution in [0.2, 0.25) is 0 Å². The van der Waals surface area contributed by atoms with Gasteiger partial charge in [-0.3, -0.25) is 4.79 Å². The lowest BCUT2D eigenvalue weighted by atomic mass is 9.85. The lowest BCUT2D eigenvalue weighted by Gasteiger charge is -2.18.